The summed E-state index contributed by atoms with van der Waals surface area (Å²) >= 11 is 0. The van der Waals surface area contributed by atoms with Gasteiger partial charge in [0.2, 0.25) is 0 Å². The Balaban J connectivity index is 0.000000165. The van der Waals surface area contributed by atoms with Gasteiger partial charge in [-0.2, -0.15) is 8.97 Å². The lowest BCUT2D eigenvalue weighted by molar-refractivity contribution is -0.671. The molecule has 2 unspecified atom stereocenters. The zero-order valence-electron chi connectivity index (χ0n) is 35.2. The van der Waals surface area contributed by atoms with Crippen molar-refractivity contribution in [3.8, 4) is 28.3 Å². The van der Waals surface area contributed by atoms with Crippen molar-refractivity contribution < 1.29 is 13.4 Å². The van der Waals surface area contributed by atoms with Gasteiger partial charge in [0.1, 0.15) is 41.9 Å². The summed E-state index contributed by atoms with van der Waals surface area (Å²) < 4.78 is 25.8. The molecule has 0 fully saturated rings. The Kier molecular flexibility index (Phi) is 9.06. The summed E-state index contributed by atoms with van der Waals surface area (Å²) in [5.74, 6) is 1.29. The molecule has 2 aliphatic rings. The number of pyridine rings is 1. The molecule has 3 aromatic heterocycles. The summed E-state index contributed by atoms with van der Waals surface area (Å²) in [4.78, 5) is 0. The van der Waals surface area contributed by atoms with Crippen LogP contribution in [0.25, 0.3) is 55.7 Å². The van der Waals surface area contributed by atoms with Crippen LogP contribution in [0.5, 0.6) is 0 Å². The van der Waals surface area contributed by atoms with Gasteiger partial charge < -0.3 is 0 Å². The number of aryl methyl sites for hydroxylation is 7. The third-order valence-corrected chi connectivity index (χ3v) is 12.3. The number of aromatic nitrogens is 4. The highest BCUT2D eigenvalue weighted by Crippen LogP contribution is 2.49. The van der Waals surface area contributed by atoms with Gasteiger partial charge in [-0.25, -0.2) is 13.5 Å². The highest BCUT2D eigenvalue weighted by Gasteiger charge is 2.48. The van der Waals surface area contributed by atoms with Crippen LogP contribution < -0.4 is 8.97 Å². The predicted molar refractivity (Wildman–Crippen MR) is 231 cm³/mol. The van der Waals surface area contributed by atoms with Gasteiger partial charge in [-0.15, -0.1) is 0 Å². The molecule has 0 aliphatic carbocycles. The molecule has 5 heterocycles. The van der Waals surface area contributed by atoms with E-state index in [4.69, 9.17) is 0 Å². The Hall–Kier alpha value is -5.55. The summed E-state index contributed by atoms with van der Waals surface area (Å²) in [6.45, 7) is 26.1. The number of halogens is 1. The highest BCUT2D eigenvalue weighted by molar-refractivity contribution is 6.11. The van der Waals surface area contributed by atoms with Gasteiger partial charge in [0.25, 0.3) is 11.5 Å². The fraction of sp³-hybridized carbons (Fsp3) is 0.294. The number of rotatable bonds is 2. The van der Waals surface area contributed by atoms with Gasteiger partial charge in [-0.3, -0.25) is 0 Å². The lowest BCUT2D eigenvalue weighted by Crippen LogP contribution is -2.35. The Labute approximate surface area is 331 Å². The third kappa shape index (κ3) is 5.45. The van der Waals surface area contributed by atoms with E-state index in [2.05, 4.69) is 159 Å². The van der Waals surface area contributed by atoms with Crippen molar-refractivity contribution in [3.63, 3.8) is 0 Å². The van der Waals surface area contributed by atoms with Gasteiger partial charge in [0, 0.05) is 34.4 Å². The second-order valence-electron chi connectivity index (χ2n) is 16.3. The molecule has 284 valence electrons. The third-order valence-electron chi connectivity index (χ3n) is 12.3. The number of fused-ring (bicyclic) bond motifs is 6. The first-order chi connectivity index (χ1) is 26.8. The molecule has 0 spiro atoms. The first kappa shape index (κ1) is 37.4. The predicted octanol–water partition coefficient (Wildman–Crippen LogP) is 12.2. The number of benzene rings is 5. The first-order valence-electron chi connectivity index (χ1n) is 20.2. The van der Waals surface area contributed by atoms with Crippen LogP contribution in [0.2, 0.25) is 0 Å². The SMILES string of the molecule is CC.Cc1cc(C)c(-c2c(C)n3c4c5c(cccc5c5ccc(C)cc5[n+]24)C(C)(F)C3C)c(C)c1.Cc1cc(C)c(-n2cc[n+]3c2-c2ccccc2C3)c(C)c1. The van der Waals surface area contributed by atoms with Crippen molar-refractivity contribution in [2.75, 3.05) is 0 Å². The zero-order valence-corrected chi connectivity index (χ0v) is 35.2. The molecule has 0 radical (unpaired) electrons. The molecule has 8 aromatic rings. The summed E-state index contributed by atoms with van der Waals surface area (Å²) in [6, 6.07) is 30.2. The van der Waals surface area contributed by atoms with Gasteiger partial charge in [-0.1, -0.05) is 91.7 Å². The fourth-order valence-electron chi connectivity index (χ4n) is 10.0. The smallest absolute Gasteiger partial charge is 0.234 e. The maximum atomic E-state index is 16.5. The molecule has 0 saturated heterocycles. The van der Waals surface area contributed by atoms with Crippen LogP contribution in [-0.4, -0.2) is 9.13 Å². The normalized spacial score (nSPS) is 16.5. The van der Waals surface area contributed by atoms with Crippen molar-refractivity contribution in [2.45, 2.75) is 101 Å². The van der Waals surface area contributed by atoms with Crippen molar-refractivity contribution in [2.24, 2.45) is 0 Å². The maximum Gasteiger partial charge on any atom is 0.296 e. The Morgan fingerprint density at radius 3 is 2.04 bits per heavy atom. The molecular formula is C51H55FN4+2. The quantitative estimate of drug-likeness (QED) is 0.124. The van der Waals surface area contributed by atoms with Crippen molar-refractivity contribution in [1.82, 2.24) is 9.13 Å². The van der Waals surface area contributed by atoms with Gasteiger partial charge >= 0.3 is 0 Å². The largest absolute Gasteiger partial charge is 0.296 e. The van der Waals surface area contributed by atoms with Gasteiger partial charge in [0.15, 0.2) is 11.4 Å². The van der Waals surface area contributed by atoms with Crippen molar-refractivity contribution in [3.05, 3.63) is 153 Å². The minimum Gasteiger partial charge on any atom is -0.234 e. The van der Waals surface area contributed by atoms with Crippen LogP contribution >= 0.6 is 0 Å². The van der Waals surface area contributed by atoms with Crippen LogP contribution in [0.1, 0.15) is 89.5 Å². The van der Waals surface area contributed by atoms with E-state index in [1.54, 1.807) is 6.92 Å². The summed E-state index contributed by atoms with van der Waals surface area (Å²) in [5.41, 5.74) is 18.2. The van der Waals surface area contributed by atoms with E-state index >= 15 is 4.39 Å². The molecule has 0 saturated carbocycles. The standard InChI is InChI=1S/C30H30FN2.C19H19N2.C2H6/c1-16-11-12-22-23-9-8-10-24-27(23)29-32(21(6)30(24,7)31)20(5)28(33(29)25(22)15-16)26-18(3)13-17(2)14-19(26)4;1-13-10-14(2)18(15(3)11-13)21-9-8-20-12-16-6-4-5-7-17(16)19(20)21;1-2/h8-15,21H,1-7H3;4-11H,12H2,1-3H3;1-2H3/q2*+1;. The molecule has 5 aromatic carbocycles. The Morgan fingerprint density at radius 2 is 1.36 bits per heavy atom. The van der Waals surface area contributed by atoms with E-state index < -0.39 is 5.67 Å². The number of hydrogen-bond acceptors (Lipinski definition) is 0. The van der Waals surface area contributed by atoms with Gasteiger partial charge in [0.05, 0.1) is 10.9 Å². The molecule has 10 rings (SSSR count). The second-order valence-corrected chi connectivity index (χ2v) is 16.3. The molecule has 0 N–H and O–H groups in total. The first-order valence-corrected chi connectivity index (χ1v) is 20.2. The summed E-state index contributed by atoms with van der Waals surface area (Å²) in [5, 5.41) is 3.33. The van der Waals surface area contributed by atoms with Crippen LogP contribution in [-0.2, 0) is 12.2 Å². The fourth-order valence-corrected chi connectivity index (χ4v) is 10.0. The average molecular weight is 743 g/mol. The van der Waals surface area contributed by atoms with E-state index in [1.807, 2.05) is 32.9 Å². The number of nitrogens with zero attached hydrogens (tertiary/aromatic N) is 4. The van der Waals surface area contributed by atoms with E-state index in [0.717, 1.165) is 34.2 Å². The number of imidazole rings is 2. The van der Waals surface area contributed by atoms with E-state index in [1.165, 1.54) is 83.7 Å². The highest BCUT2D eigenvalue weighted by atomic mass is 19.1. The van der Waals surface area contributed by atoms with E-state index in [-0.39, 0.29) is 6.04 Å². The molecule has 2 atom stereocenters. The monoisotopic (exact) mass is 742 g/mol. The lowest BCUT2D eigenvalue weighted by Gasteiger charge is -2.31. The van der Waals surface area contributed by atoms with Crippen molar-refractivity contribution >= 4 is 27.3 Å². The van der Waals surface area contributed by atoms with E-state index in [9.17, 15) is 0 Å². The zero-order chi connectivity index (χ0) is 40.0. The molecule has 5 heteroatoms. The molecule has 56 heavy (non-hydrogen) atoms. The Morgan fingerprint density at radius 1 is 0.714 bits per heavy atom. The minimum atomic E-state index is -1.46. The molecule has 0 amide bonds. The lowest BCUT2D eigenvalue weighted by atomic mass is 9.84. The molecule has 4 nitrogen and oxygen atoms in total. The average Bonchev–Trinajstić information content (AvgIpc) is 3.82. The second kappa shape index (κ2) is 13.6. The summed E-state index contributed by atoms with van der Waals surface area (Å²) in [7, 11) is 0. The van der Waals surface area contributed by atoms with E-state index in [0.29, 0.717) is 0 Å². The molecular weight excluding hydrogens is 688 g/mol. The van der Waals surface area contributed by atoms with Crippen LogP contribution in [0.3, 0.4) is 0 Å². The van der Waals surface area contributed by atoms with Crippen LogP contribution in [0, 0.1) is 55.4 Å². The minimum absolute atomic E-state index is 0.312. The van der Waals surface area contributed by atoms with Crippen LogP contribution in [0.4, 0.5) is 4.39 Å². The molecule has 0 bridgehead atoms. The topological polar surface area (TPSA) is 17.8 Å². The molecule has 2 aliphatic heterocycles. The maximum absolute atomic E-state index is 16.5. The summed E-state index contributed by atoms with van der Waals surface area (Å²) in [6.07, 6.45) is 4.38. The van der Waals surface area contributed by atoms with Crippen LogP contribution in [0.15, 0.2) is 97.3 Å². The Bertz CT molecular complexity index is 2840. The number of alkyl halides is 1. The van der Waals surface area contributed by atoms with Crippen molar-refractivity contribution in [1.29, 1.82) is 0 Å². The van der Waals surface area contributed by atoms with Gasteiger partial charge in [-0.05, 0) is 108 Å². The number of hydrogen-bond donors (Lipinski definition) is 0.